The van der Waals surface area contributed by atoms with Crippen molar-refractivity contribution in [2.45, 2.75) is 50.0 Å². The maximum absolute atomic E-state index is 6.38. The van der Waals surface area contributed by atoms with Crippen LogP contribution in [0.2, 0.25) is 10.0 Å². The van der Waals surface area contributed by atoms with Crippen LogP contribution in [0.3, 0.4) is 0 Å². The molecule has 1 heterocycles. The minimum Gasteiger partial charge on any atom is -0.355 e. The summed E-state index contributed by atoms with van der Waals surface area (Å²) >= 11 is 13.8. The zero-order valence-electron chi connectivity index (χ0n) is 15.6. The van der Waals surface area contributed by atoms with Crippen molar-refractivity contribution in [3.05, 3.63) is 40.3 Å². The average Bonchev–Trinajstić information content (AvgIpc) is 3.01. The van der Waals surface area contributed by atoms with Gasteiger partial charge in [0, 0.05) is 24.0 Å². The molecule has 0 amide bonds. The molecule has 2 aliphatic rings. The van der Waals surface area contributed by atoms with Crippen LogP contribution in [0, 0.1) is 5.41 Å². The molecular formula is C20H26Cl2N4S. The number of likely N-dealkylation sites (tertiary alicyclic amines) is 1. The van der Waals surface area contributed by atoms with Gasteiger partial charge < -0.3 is 10.6 Å². The summed E-state index contributed by atoms with van der Waals surface area (Å²) in [7, 11) is 0. The summed E-state index contributed by atoms with van der Waals surface area (Å²) in [6.45, 7) is 7.59. The maximum atomic E-state index is 6.38. The topological polar surface area (TPSA) is 54.0 Å². The van der Waals surface area contributed by atoms with E-state index in [9.17, 15) is 0 Å². The molecule has 0 radical (unpaired) electrons. The number of nitrogens with two attached hydrogens (primary N) is 1. The van der Waals surface area contributed by atoms with E-state index in [0.717, 1.165) is 48.1 Å². The summed E-state index contributed by atoms with van der Waals surface area (Å²) in [6.07, 6.45) is 7.72. The highest BCUT2D eigenvalue weighted by molar-refractivity contribution is 8.14. The molecule has 0 bridgehead atoms. The van der Waals surface area contributed by atoms with Gasteiger partial charge in [0.05, 0.1) is 21.3 Å². The smallest absolute Gasteiger partial charge is 0.146 e. The van der Waals surface area contributed by atoms with E-state index in [1.807, 2.05) is 19.1 Å². The monoisotopic (exact) mass is 424 g/mol. The van der Waals surface area contributed by atoms with Crippen LogP contribution in [0.4, 0.5) is 0 Å². The van der Waals surface area contributed by atoms with Crippen molar-refractivity contribution in [1.29, 1.82) is 0 Å². The van der Waals surface area contributed by atoms with Crippen molar-refractivity contribution in [1.82, 2.24) is 4.90 Å². The molecule has 2 fully saturated rings. The van der Waals surface area contributed by atoms with E-state index in [0.29, 0.717) is 21.5 Å². The summed E-state index contributed by atoms with van der Waals surface area (Å²) < 4.78 is 0. The summed E-state index contributed by atoms with van der Waals surface area (Å²) in [5, 5.41) is 1.97. The number of benzene rings is 1. The van der Waals surface area contributed by atoms with Crippen LogP contribution in [-0.4, -0.2) is 35.8 Å². The van der Waals surface area contributed by atoms with Crippen LogP contribution in [0.1, 0.15) is 39.0 Å². The fraction of sp³-hybridized carbons (Fsp3) is 0.500. The van der Waals surface area contributed by atoms with Crippen molar-refractivity contribution < 1.29 is 0 Å². The van der Waals surface area contributed by atoms with Gasteiger partial charge in [-0.1, -0.05) is 47.5 Å². The molecule has 1 aromatic rings. The standard InChI is InChI=1S/C20H26Cl2N4S/c1-14(27-16-6-3-5-15(21)19(16)22)25-13-18(24-2)26-11-9-20(10-12-26)8-4-7-17(20)23/h3,5-6,13,17H,2,4,7-12,23H2,1H3/b18-13+,25-14?/t17-/m1/s1. The minimum absolute atomic E-state index is 0.334. The van der Waals surface area contributed by atoms with Crippen LogP contribution >= 0.6 is 35.0 Å². The third-order valence-electron chi connectivity index (χ3n) is 5.76. The normalized spacial score (nSPS) is 23.1. The lowest BCUT2D eigenvalue weighted by Gasteiger charge is -2.42. The summed E-state index contributed by atoms with van der Waals surface area (Å²) in [6, 6.07) is 5.94. The molecule has 2 N–H and O–H groups in total. The molecule has 1 aromatic carbocycles. The molecule has 3 rings (SSSR count). The Morgan fingerprint density at radius 2 is 2.07 bits per heavy atom. The summed E-state index contributed by atoms with van der Waals surface area (Å²) in [4.78, 5) is 11.9. The van der Waals surface area contributed by atoms with Gasteiger partial charge in [0.2, 0.25) is 0 Å². The van der Waals surface area contributed by atoms with Crippen LogP contribution < -0.4 is 5.73 Å². The van der Waals surface area contributed by atoms with Gasteiger partial charge in [-0.25, -0.2) is 4.99 Å². The molecule has 1 aliphatic heterocycles. The van der Waals surface area contributed by atoms with Crippen LogP contribution in [0.15, 0.2) is 45.1 Å². The fourth-order valence-corrected chi connectivity index (χ4v) is 5.33. The Kier molecular flexibility index (Phi) is 6.90. The Hall–Kier alpha value is -1.01. The summed E-state index contributed by atoms with van der Waals surface area (Å²) in [5.41, 5.74) is 6.71. The summed E-state index contributed by atoms with van der Waals surface area (Å²) in [5.74, 6) is 0.813. The Bertz CT molecular complexity index is 754. The molecular weight excluding hydrogens is 399 g/mol. The largest absolute Gasteiger partial charge is 0.355 e. The van der Waals surface area contributed by atoms with Gasteiger partial charge in [-0.2, -0.15) is 0 Å². The predicted octanol–water partition coefficient (Wildman–Crippen LogP) is 5.60. The van der Waals surface area contributed by atoms with Gasteiger partial charge in [-0.05, 0) is 56.9 Å². The number of nitrogens with zero attached hydrogens (tertiary/aromatic N) is 3. The number of aliphatic imine (C=N–C) groups is 2. The van der Waals surface area contributed by atoms with E-state index in [1.165, 1.54) is 24.6 Å². The van der Waals surface area contributed by atoms with E-state index in [1.54, 1.807) is 12.3 Å². The number of thioether (sulfide) groups is 1. The maximum Gasteiger partial charge on any atom is 0.146 e. The zero-order valence-corrected chi connectivity index (χ0v) is 18.0. The number of rotatable bonds is 4. The third kappa shape index (κ3) is 4.70. The highest BCUT2D eigenvalue weighted by Gasteiger charge is 2.43. The van der Waals surface area contributed by atoms with Crippen molar-refractivity contribution in [2.75, 3.05) is 13.1 Å². The first-order valence-corrected chi connectivity index (χ1v) is 10.9. The highest BCUT2D eigenvalue weighted by Crippen LogP contribution is 2.45. The van der Waals surface area contributed by atoms with Gasteiger partial charge in [0.15, 0.2) is 0 Å². The molecule has 7 heteroatoms. The highest BCUT2D eigenvalue weighted by atomic mass is 35.5. The van der Waals surface area contributed by atoms with E-state index >= 15 is 0 Å². The lowest BCUT2D eigenvalue weighted by Crippen LogP contribution is -2.46. The molecule has 146 valence electrons. The molecule has 27 heavy (non-hydrogen) atoms. The van der Waals surface area contributed by atoms with Crippen LogP contribution in [0.5, 0.6) is 0 Å². The second kappa shape index (κ2) is 8.99. The second-order valence-corrected chi connectivity index (χ2v) is 9.32. The van der Waals surface area contributed by atoms with E-state index in [2.05, 4.69) is 21.6 Å². The SMILES string of the molecule is C=N/C(=C\N=C(C)Sc1cccc(Cl)c1Cl)N1CCC2(CCC[C@H]2N)CC1. The molecule has 1 saturated heterocycles. The molecule has 1 aliphatic carbocycles. The predicted molar refractivity (Wildman–Crippen MR) is 118 cm³/mol. The van der Waals surface area contributed by atoms with Gasteiger partial charge in [0.1, 0.15) is 5.82 Å². The number of hydrogen-bond donors (Lipinski definition) is 1. The third-order valence-corrected chi connectivity index (χ3v) is 7.65. The van der Waals surface area contributed by atoms with Crippen molar-refractivity contribution >= 4 is 46.7 Å². The Morgan fingerprint density at radius 3 is 2.70 bits per heavy atom. The first kappa shape index (κ1) is 20.7. The van der Waals surface area contributed by atoms with Gasteiger partial charge in [0.25, 0.3) is 0 Å². The Morgan fingerprint density at radius 1 is 1.33 bits per heavy atom. The van der Waals surface area contributed by atoms with E-state index < -0.39 is 0 Å². The molecule has 4 nitrogen and oxygen atoms in total. The van der Waals surface area contributed by atoms with Gasteiger partial charge in [-0.15, -0.1) is 0 Å². The van der Waals surface area contributed by atoms with E-state index in [-0.39, 0.29) is 0 Å². The average molecular weight is 425 g/mol. The van der Waals surface area contributed by atoms with Crippen molar-refractivity contribution in [3.8, 4) is 0 Å². The lowest BCUT2D eigenvalue weighted by molar-refractivity contribution is 0.115. The Balaban J connectivity index is 1.65. The van der Waals surface area contributed by atoms with Gasteiger partial charge >= 0.3 is 0 Å². The van der Waals surface area contributed by atoms with Crippen LogP contribution in [0.25, 0.3) is 0 Å². The molecule has 0 unspecified atom stereocenters. The first-order valence-electron chi connectivity index (χ1n) is 9.29. The number of halogens is 2. The number of piperidine rings is 1. The van der Waals surface area contributed by atoms with E-state index in [4.69, 9.17) is 28.9 Å². The molecule has 1 spiro atoms. The lowest BCUT2D eigenvalue weighted by atomic mass is 9.74. The van der Waals surface area contributed by atoms with Crippen molar-refractivity contribution in [2.24, 2.45) is 21.1 Å². The van der Waals surface area contributed by atoms with Gasteiger partial charge in [-0.3, -0.25) is 4.99 Å². The second-order valence-electron chi connectivity index (χ2n) is 7.30. The number of hydrogen-bond acceptors (Lipinski definition) is 5. The quantitative estimate of drug-likeness (QED) is 0.388. The molecule has 1 atom stereocenters. The minimum atomic E-state index is 0.334. The zero-order chi connectivity index (χ0) is 19.4. The first-order chi connectivity index (χ1) is 12.9. The molecule has 1 saturated carbocycles. The van der Waals surface area contributed by atoms with Crippen LogP contribution in [-0.2, 0) is 0 Å². The molecule has 0 aromatic heterocycles. The van der Waals surface area contributed by atoms with Crippen molar-refractivity contribution in [3.63, 3.8) is 0 Å². The Labute approximate surface area is 175 Å². The fourth-order valence-electron chi connectivity index (χ4n) is 4.09.